The third-order valence-corrected chi connectivity index (χ3v) is 4.79. The Labute approximate surface area is 139 Å². The van der Waals surface area contributed by atoms with E-state index in [2.05, 4.69) is 32.0 Å². The van der Waals surface area contributed by atoms with Gasteiger partial charge in [0, 0.05) is 16.9 Å². The Hall–Kier alpha value is -2.46. The molecule has 4 heteroatoms. The summed E-state index contributed by atoms with van der Waals surface area (Å²) in [5, 5.41) is 9.98. The predicted molar refractivity (Wildman–Crippen MR) is 93.2 cm³/mol. The zero-order valence-corrected chi connectivity index (χ0v) is 13.9. The van der Waals surface area contributed by atoms with E-state index in [0.29, 0.717) is 12.0 Å². The summed E-state index contributed by atoms with van der Waals surface area (Å²) >= 11 is 1.70. The standard InChI is InChI=1S/C19H17NO2S/c1-12-4-3-5-16(10-12)18-20-17(13(2)23-18)11-14-6-8-15(9-7-14)19(21)22/h3-10H,11H2,1-2H3,(H,21,22). The summed E-state index contributed by atoms with van der Waals surface area (Å²) in [6.45, 7) is 4.16. The summed E-state index contributed by atoms with van der Waals surface area (Å²) in [7, 11) is 0. The first-order valence-corrected chi connectivity index (χ1v) is 8.20. The van der Waals surface area contributed by atoms with Gasteiger partial charge in [0.2, 0.25) is 0 Å². The molecular formula is C19H17NO2S. The first-order chi connectivity index (χ1) is 11.0. The monoisotopic (exact) mass is 323 g/mol. The fourth-order valence-corrected chi connectivity index (χ4v) is 3.38. The van der Waals surface area contributed by atoms with Crippen molar-refractivity contribution in [3.05, 3.63) is 75.8 Å². The highest BCUT2D eigenvalue weighted by atomic mass is 32.1. The molecule has 0 atom stereocenters. The van der Waals surface area contributed by atoms with Gasteiger partial charge in [0.05, 0.1) is 11.3 Å². The molecule has 116 valence electrons. The Morgan fingerprint density at radius 2 is 1.87 bits per heavy atom. The molecule has 3 aromatic rings. The lowest BCUT2D eigenvalue weighted by molar-refractivity contribution is 0.0697. The number of nitrogens with zero attached hydrogens (tertiary/aromatic N) is 1. The van der Waals surface area contributed by atoms with E-state index in [0.717, 1.165) is 21.8 Å². The number of thiazole rings is 1. The van der Waals surface area contributed by atoms with Crippen molar-refractivity contribution in [1.82, 2.24) is 4.98 Å². The van der Waals surface area contributed by atoms with E-state index in [4.69, 9.17) is 10.1 Å². The SMILES string of the molecule is Cc1cccc(-c2nc(Cc3ccc(C(=O)O)cc3)c(C)s2)c1. The Morgan fingerprint density at radius 1 is 1.13 bits per heavy atom. The molecule has 3 rings (SSSR count). The zero-order chi connectivity index (χ0) is 16.4. The van der Waals surface area contributed by atoms with E-state index < -0.39 is 5.97 Å². The Morgan fingerprint density at radius 3 is 2.52 bits per heavy atom. The van der Waals surface area contributed by atoms with Gasteiger partial charge < -0.3 is 5.11 Å². The lowest BCUT2D eigenvalue weighted by Gasteiger charge is -2.01. The highest BCUT2D eigenvalue weighted by Gasteiger charge is 2.11. The molecule has 0 amide bonds. The van der Waals surface area contributed by atoms with Gasteiger partial charge in [0.15, 0.2) is 0 Å². The summed E-state index contributed by atoms with van der Waals surface area (Å²) in [4.78, 5) is 16.9. The minimum absolute atomic E-state index is 0.309. The zero-order valence-electron chi connectivity index (χ0n) is 13.0. The fourth-order valence-electron chi connectivity index (χ4n) is 2.45. The van der Waals surface area contributed by atoms with Crippen molar-refractivity contribution in [2.45, 2.75) is 20.3 Å². The van der Waals surface area contributed by atoms with Gasteiger partial charge in [-0.15, -0.1) is 11.3 Å². The van der Waals surface area contributed by atoms with Crippen molar-refractivity contribution >= 4 is 17.3 Å². The van der Waals surface area contributed by atoms with Crippen molar-refractivity contribution < 1.29 is 9.90 Å². The van der Waals surface area contributed by atoms with E-state index in [1.165, 1.54) is 10.4 Å². The number of hydrogen-bond donors (Lipinski definition) is 1. The van der Waals surface area contributed by atoms with Crippen LogP contribution in [0.4, 0.5) is 0 Å². The molecule has 3 nitrogen and oxygen atoms in total. The minimum Gasteiger partial charge on any atom is -0.478 e. The molecule has 0 aliphatic carbocycles. The van der Waals surface area contributed by atoms with Crippen LogP contribution in [0.2, 0.25) is 0 Å². The number of hydrogen-bond acceptors (Lipinski definition) is 3. The van der Waals surface area contributed by atoms with E-state index in [1.807, 2.05) is 18.2 Å². The largest absolute Gasteiger partial charge is 0.478 e. The van der Waals surface area contributed by atoms with Crippen LogP contribution in [-0.4, -0.2) is 16.1 Å². The van der Waals surface area contributed by atoms with Crippen LogP contribution in [0, 0.1) is 13.8 Å². The second-order valence-corrected chi connectivity index (χ2v) is 6.77. The quantitative estimate of drug-likeness (QED) is 0.756. The number of rotatable bonds is 4. The number of carbonyl (C=O) groups is 1. The Balaban J connectivity index is 1.85. The van der Waals surface area contributed by atoms with Gasteiger partial charge in [-0.05, 0) is 37.6 Å². The van der Waals surface area contributed by atoms with Crippen LogP contribution < -0.4 is 0 Å². The molecule has 0 unspecified atom stereocenters. The number of aromatic carboxylic acids is 1. The second kappa shape index (κ2) is 6.34. The predicted octanol–water partition coefficient (Wildman–Crippen LogP) is 4.72. The summed E-state index contributed by atoms with van der Waals surface area (Å²) < 4.78 is 0. The smallest absolute Gasteiger partial charge is 0.335 e. The van der Waals surface area contributed by atoms with Crippen molar-refractivity contribution in [2.75, 3.05) is 0 Å². The van der Waals surface area contributed by atoms with Crippen LogP contribution >= 0.6 is 11.3 Å². The van der Waals surface area contributed by atoms with Crippen LogP contribution in [0.3, 0.4) is 0 Å². The maximum absolute atomic E-state index is 10.9. The van der Waals surface area contributed by atoms with Crippen molar-refractivity contribution in [2.24, 2.45) is 0 Å². The number of carboxylic acids is 1. The molecule has 0 aliphatic heterocycles. The second-order valence-electron chi connectivity index (χ2n) is 5.57. The topological polar surface area (TPSA) is 50.2 Å². The third-order valence-electron chi connectivity index (χ3n) is 3.73. The molecule has 0 spiro atoms. The fraction of sp³-hybridized carbons (Fsp3) is 0.158. The van der Waals surface area contributed by atoms with E-state index in [9.17, 15) is 4.79 Å². The van der Waals surface area contributed by atoms with Gasteiger partial charge in [-0.25, -0.2) is 9.78 Å². The molecule has 0 saturated carbocycles. The molecule has 23 heavy (non-hydrogen) atoms. The summed E-state index contributed by atoms with van der Waals surface area (Å²) in [6.07, 6.45) is 0.716. The lowest BCUT2D eigenvalue weighted by atomic mass is 10.1. The lowest BCUT2D eigenvalue weighted by Crippen LogP contribution is -1.97. The molecule has 1 aromatic heterocycles. The maximum atomic E-state index is 10.9. The van der Waals surface area contributed by atoms with Gasteiger partial charge >= 0.3 is 5.97 Å². The van der Waals surface area contributed by atoms with Crippen molar-refractivity contribution in [1.29, 1.82) is 0 Å². The van der Waals surface area contributed by atoms with Gasteiger partial charge in [-0.3, -0.25) is 0 Å². The molecule has 0 saturated heterocycles. The molecule has 0 fully saturated rings. The van der Waals surface area contributed by atoms with Crippen LogP contribution in [0.25, 0.3) is 10.6 Å². The first-order valence-electron chi connectivity index (χ1n) is 7.38. The molecule has 1 N–H and O–H groups in total. The molecule has 1 heterocycles. The Kier molecular flexibility index (Phi) is 4.26. The van der Waals surface area contributed by atoms with Crippen molar-refractivity contribution in [3.63, 3.8) is 0 Å². The summed E-state index contributed by atoms with van der Waals surface area (Å²) in [5.74, 6) is -0.900. The van der Waals surface area contributed by atoms with E-state index in [-0.39, 0.29) is 0 Å². The summed E-state index contributed by atoms with van der Waals surface area (Å²) in [6, 6.07) is 15.3. The number of benzene rings is 2. The summed E-state index contributed by atoms with van der Waals surface area (Å²) in [5.41, 5.74) is 4.80. The highest BCUT2D eigenvalue weighted by Crippen LogP contribution is 2.29. The van der Waals surface area contributed by atoms with Gasteiger partial charge in [-0.1, -0.05) is 35.9 Å². The van der Waals surface area contributed by atoms with Crippen LogP contribution in [0.5, 0.6) is 0 Å². The molecule has 2 aromatic carbocycles. The highest BCUT2D eigenvalue weighted by molar-refractivity contribution is 7.15. The number of aryl methyl sites for hydroxylation is 2. The normalized spacial score (nSPS) is 10.7. The maximum Gasteiger partial charge on any atom is 0.335 e. The average molecular weight is 323 g/mol. The third kappa shape index (κ3) is 3.48. The average Bonchev–Trinajstić information content (AvgIpc) is 2.89. The van der Waals surface area contributed by atoms with E-state index in [1.54, 1.807) is 23.5 Å². The molecule has 0 bridgehead atoms. The molecule has 0 radical (unpaired) electrons. The van der Waals surface area contributed by atoms with Gasteiger partial charge in [-0.2, -0.15) is 0 Å². The molecule has 0 aliphatic rings. The number of aromatic nitrogens is 1. The van der Waals surface area contributed by atoms with Crippen LogP contribution in [-0.2, 0) is 6.42 Å². The Bertz CT molecular complexity index is 850. The van der Waals surface area contributed by atoms with E-state index >= 15 is 0 Å². The van der Waals surface area contributed by atoms with Crippen LogP contribution in [0.15, 0.2) is 48.5 Å². The first kappa shape index (κ1) is 15.4. The number of carboxylic acid groups (broad SMARTS) is 1. The van der Waals surface area contributed by atoms with Gasteiger partial charge in [0.25, 0.3) is 0 Å². The van der Waals surface area contributed by atoms with Crippen molar-refractivity contribution in [3.8, 4) is 10.6 Å². The minimum atomic E-state index is -0.900. The van der Waals surface area contributed by atoms with Gasteiger partial charge in [0.1, 0.15) is 5.01 Å². The molecular weight excluding hydrogens is 306 g/mol. The van der Waals surface area contributed by atoms with Crippen LogP contribution in [0.1, 0.15) is 32.1 Å².